The van der Waals surface area contributed by atoms with Gasteiger partial charge in [0.05, 0.1) is 10.7 Å². The molecule has 0 aliphatic heterocycles. The molecule has 6 heteroatoms. The minimum Gasteiger partial charge on any atom is -0.380 e. The molecule has 0 aliphatic carbocycles. The second-order valence-corrected chi connectivity index (χ2v) is 5.41. The molecule has 2 rings (SSSR count). The number of benzene rings is 2. The minimum absolute atomic E-state index is 0.318. The van der Waals surface area contributed by atoms with Crippen molar-refractivity contribution in [2.45, 2.75) is 6.54 Å². The molecule has 0 unspecified atom stereocenters. The highest BCUT2D eigenvalue weighted by molar-refractivity contribution is 9.10. The van der Waals surface area contributed by atoms with E-state index in [0.717, 1.165) is 10.0 Å². The van der Waals surface area contributed by atoms with E-state index in [-0.39, 0.29) is 5.82 Å². The molecule has 3 N–H and O–H groups in total. The van der Waals surface area contributed by atoms with Gasteiger partial charge in [0.2, 0.25) is 5.91 Å². The Labute approximate surface area is 129 Å². The van der Waals surface area contributed by atoms with Crippen LogP contribution < -0.4 is 11.1 Å². The predicted molar refractivity (Wildman–Crippen MR) is 81.4 cm³/mol. The van der Waals surface area contributed by atoms with E-state index < -0.39 is 5.91 Å². The average molecular weight is 358 g/mol. The quantitative estimate of drug-likeness (QED) is 0.870. The number of nitrogens with two attached hydrogens (primary N) is 1. The van der Waals surface area contributed by atoms with Gasteiger partial charge < -0.3 is 11.1 Å². The summed E-state index contributed by atoms with van der Waals surface area (Å²) in [4.78, 5) is 11.1. The topological polar surface area (TPSA) is 55.1 Å². The number of carbonyl (C=O) groups excluding carboxylic acids is 1. The summed E-state index contributed by atoms with van der Waals surface area (Å²) in [6.07, 6.45) is 0. The van der Waals surface area contributed by atoms with Gasteiger partial charge in [-0.2, -0.15) is 0 Å². The van der Waals surface area contributed by atoms with E-state index in [4.69, 9.17) is 17.3 Å². The lowest BCUT2D eigenvalue weighted by molar-refractivity contribution is 0.100. The molecule has 0 aromatic heterocycles. The van der Waals surface area contributed by atoms with Crippen LogP contribution in [0.3, 0.4) is 0 Å². The normalized spacial score (nSPS) is 10.3. The van der Waals surface area contributed by atoms with Crippen molar-refractivity contribution in [1.82, 2.24) is 0 Å². The van der Waals surface area contributed by atoms with E-state index in [1.54, 1.807) is 24.3 Å². The van der Waals surface area contributed by atoms with Crippen molar-refractivity contribution in [3.05, 3.63) is 62.8 Å². The number of anilines is 1. The standard InChI is InChI=1S/C14H11BrClFN2O/c15-11-3-2-10(17)5-9(11)7-19-13-6-8(14(18)20)1-4-12(13)16/h1-6,19H,7H2,(H2,18,20). The molecule has 0 spiro atoms. The summed E-state index contributed by atoms with van der Waals surface area (Å²) >= 11 is 9.38. The van der Waals surface area contributed by atoms with Gasteiger partial charge in [0.25, 0.3) is 0 Å². The van der Waals surface area contributed by atoms with Crippen LogP contribution in [0.5, 0.6) is 0 Å². The van der Waals surface area contributed by atoms with Gasteiger partial charge in [-0.25, -0.2) is 4.39 Å². The summed E-state index contributed by atoms with van der Waals surface area (Å²) in [6.45, 7) is 0.361. The molecule has 0 saturated carbocycles. The van der Waals surface area contributed by atoms with Gasteiger partial charge in [-0.3, -0.25) is 4.79 Å². The molecular weight excluding hydrogens is 347 g/mol. The number of primary amides is 1. The first-order valence-corrected chi connectivity index (χ1v) is 6.91. The fourth-order valence-corrected chi connectivity index (χ4v) is 2.25. The molecule has 0 atom stereocenters. The molecule has 0 aliphatic rings. The molecule has 20 heavy (non-hydrogen) atoms. The summed E-state index contributed by atoms with van der Waals surface area (Å²) in [5.41, 5.74) is 6.88. The highest BCUT2D eigenvalue weighted by atomic mass is 79.9. The highest BCUT2D eigenvalue weighted by Crippen LogP contribution is 2.25. The van der Waals surface area contributed by atoms with E-state index in [1.807, 2.05) is 0 Å². The Morgan fingerprint density at radius 3 is 2.75 bits per heavy atom. The zero-order valence-electron chi connectivity index (χ0n) is 10.3. The maximum Gasteiger partial charge on any atom is 0.248 e. The molecule has 1 amide bonds. The number of hydrogen-bond donors (Lipinski definition) is 2. The monoisotopic (exact) mass is 356 g/mol. The third-order valence-electron chi connectivity index (χ3n) is 2.73. The van der Waals surface area contributed by atoms with Crippen LogP contribution in [0.4, 0.5) is 10.1 Å². The number of hydrogen-bond acceptors (Lipinski definition) is 2. The van der Waals surface area contributed by atoms with E-state index in [0.29, 0.717) is 22.8 Å². The Balaban J connectivity index is 2.20. The van der Waals surface area contributed by atoms with Crippen LogP contribution in [-0.4, -0.2) is 5.91 Å². The fourth-order valence-electron chi connectivity index (χ4n) is 1.68. The first-order valence-electron chi connectivity index (χ1n) is 5.74. The van der Waals surface area contributed by atoms with Gasteiger partial charge in [-0.05, 0) is 42.0 Å². The molecule has 0 fully saturated rings. The Kier molecular flexibility index (Phi) is 4.62. The van der Waals surface area contributed by atoms with Gasteiger partial charge in [-0.1, -0.05) is 27.5 Å². The predicted octanol–water partition coefficient (Wildman–Crippen LogP) is 3.95. The zero-order valence-corrected chi connectivity index (χ0v) is 12.6. The Morgan fingerprint density at radius 1 is 1.30 bits per heavy atom. The van der Waals surface area contributed by atoms with Gasteiger partial charge >= 0.3 is 0 Å². The second kappa shape index (κ2) is 6.24. The summed E-state index contributed by atoms with van der Waals surface area (Å²) < 4.78 is 14.0. The molecule has 0 heterocycles. The number of amides is 1. The first-order chi connectivity index (χ1) is 9.47. The van der Waals surface area contributed by atoms with Crippen LogP contribution in [0.15, 0.2) is 40.9 Å². The lowest BCUT2D eigenvalue weighted by Crippen LogP contribution is -2.11. The molecule has 0 radical (unpaired) electrons. The second-order valence-electron chi connectivity index (χ2n) is 4.15. The molecule has 2 aromatic rings. The summed E-state index contributed by atoms with van der Waals surface area (Å²) in [6, 6.07) is 9.13. The van der Waals surface area contributed by atoms with Gasteiger partial charge in [-0.15, -0.1) is 0 Å². The largest absolute Gasteiger partial charge is 0.380 e. The SMILES string of the molecule is NC(=O)c1ccc(Cl)c(NCc2cc(F)ccc2Br)c1. The van der Waals surface area contributed by atoms with Crippen molar-refractivity contribution in [1.29, 1.82) is 0 Å². The minimum atomic E-state index is -0.531. The van der Waals surface area contributed by atoms with Crippen LogP contribution >= 0.6 is 27.5 Å². The van der Waals surface area contributed by atoms with Crippen LogP contribution in [0.2, 0.25) is 5.02 Å². The molecule has 0 bridgehead atoms. The Morgan fingerprint density at radius 2 is 2.05 bits per heavy atom. The van der Waals surface area contributed by atoms with Crippen molar-refractivity contribution in [3.8, 4) is 0 Å². The van der Waals surface area contributed by atoms with Crippen molar-refractivity contribution >= 4 is 39.1 Å². The van der Waals surface area contributed by atoms with Crippen LogP contribution in [-0.2, 0) is 6.54 Å². The van der Waals surface area contributed by atoms with Gasteiger partial charge in [0, 0.05) is 16.6 Å². The van der Waals surface area contributed by atoms with Gasteiger partial charge in [0.1, 0.15) is 5.82 Å². The Hall–Kier alpha value is -1.59. The Bertz CT molecular complexity index is 664. The molecule has 104 valence electrons. The lowest BCUT2D eigenvalue weighted by atomic mass is 10.1. The van der Waals surface area contributed by atoms with E-state index in [2.05, 4.69) is 21.2 Å². The van der Waals surface area contributed by atoms with Crippen molar-refractivity contribution in [2.24, 2.45) is 5.73 Å². The lowest BCUT2D eigenvalue weighted by Gasteiger charge is -2.11. The summed E-state index contributed by atoms with van der Waals surface area (Å²) in [5, 5.41) is 3.52. The molecule has 2 aromatic carbocycles. The van der Waals surface area contributed by atoms with Crippen LogP contribution in [0.25, 0.3) is 0 Å². The summed E-state index contributed by atoms with van der Waals surface area (Å²) in [5.74, 6) is -0.848. The highest BCUT2D eigenvalue weighted by Gasteiger charge is 2.07. The fraction of sp³-hybridized carbons (Fsp3) is 0.0714. The average Bonchev–Trinajstić information content (AvgIpc) is 2.41. The number of halogens is 3. The third kappa shape index (κ3) is 3.49. The van der Waals surface area contributed by atoms with Gasteiger partial charge in [0.15, 0.2) is 0 Å². The number of nitrogens with one attached hydrogen (secondary N) is 1. The molecular formula is C14H11BrClFN2O. The molecule has 3 nitrogen and oxygen atoms in total. The molecule has 0 saturated heterocycles. The van der Waals surface area contributed by atoms with E-state index in [9.17, 15) is 9.18 Å². The van der Waals surface area contributed by atoms with Crippen molar-refractivity contribution in [2.75, 3.05) is 5.32 Å². The maximum atomic E-state index is 13.2. The van der Waals surface area contributed by atoms with Crippen LogP contribution in [0, 0.1) is 5.82 Å². The number of carbonyl (C=O) groups is 1. The van der Waals surface area contributed by atoms with Crippen LogP contribution in [0.1, 0.15) is 15.9 Å². The maximum absolute atomic E-state index is 13.2. The van der Waals surface area contributed by atoms with E-state index >= 15 is 0 Å². The number of rotatable bonds is 4. The summed E-state index contributed by atoms with van der Waals surface area (Å²) in [7, 11) is 0. The third-order valence-corrected chi connectivity index (χ3v) is 3.83. The van der Waals surface area contributed by atoms with Crippen molar-refractivity contribution < 1.29 is 9.18 Å². The zero-order chi connectivity index (χ0) is 14.7. The smallest absolute Gasteiger partial charge is 0.248 e. The first kappa shape index (κ1) is 14.8. The van der Waals surface area contributed by atoms with E-state index in [1.165, 1.54) is 12.1 Å². The van der Waals surface area contributed by atoms with Crippen molar-refractivity contribution in [3.63, 3.8) is 0 Å².